The predicted molar refractivity (Wildman–Crippen MR) is 59.8 cm³/mol. The molecule has 1 rings (SSSR count). The normalized spacial score (nSPS) is 12.6. The molecule has 0 bridgehead atoms. The molecule has 0 unspecified atom stereocenters. The second-order valence-electron chi connectivity index (χ2n) is 3.25. The van der Waals surface area contributed by atoms with E-state index < -0.39 is 6.10 Å². The van der Waals surface area contributed by atoms with E-state index in [0.29, 0.717) is 11.6 Å². The van der Waals surface area contributed by atoms with E-state index in [0.717, 1.165) is 5.69 Å². The average Bonchev–Trinajstić information content (AvgIpc) is 2.18. The number of aliphatic hydroxyl groups excluding tert-OH is 1. The van der Waals surface area contributed by atoms with E-state index in [2.05, 4.69) is 0 Å². The number of anilines is 1. The van der Waals surface area contributed by atoms with Crippen LogP contribution in [0, 0.1) is 0 Å². The molecule has 78 valence electrons. The highest BCUT2D eigenvalue weighted by atomic mass is 35.5. The average molecular weight is 215 g/mol. The van der Waals surface area contributed by atoms with Gasteiger partial charge in [-0.2, -0.15) is 0 Å². The number of nitrogens with two attached hydrogens (primary N) is 1. The quantitative estimate of drug-likeness (QED) is 0.789. The standard InChI is InChI=1S/C10H15ClN2O/c1-13(7-10(14)6-12)9-4-2-8(11)3-5-9/h2-5,10,14H,6-7,12H2,1H3/t10-/m0/s1. The number of rotatable bonds is 4. The molecule has 0 aromatic heterocycles. The Morgan fingerprint density at radius 1 is 1.43 bits per heavy atom. The molecule has 0 aliphatic rings. The summed E-state index contributed by atoms with van der Waals surface area (Å²) in [5.41, 5.74) is 6.34. The van der Waals surface area contributed by atoms with Crippen LogP contribution in [-0.4, -0.2) is 31.3 Å². The van der Waals surface area contributed by atoms with Crippen molar-refractivity contribution in [3.63, 3.8) is 0 Å². The molecular weight excluding hydrogens is 200 g/mol. The Morgan fingerprint density at radius 3 is 2.50 bits per heavy atom. The van der Waals surface area contributed by atoms with Gasteiger partial charge >= 0.3 is 0 Å². The maximum absolute atomic E-state index is 9.35. The summed E-state index contributed by atoms with van der Waals surface area (Å²) >= 11 is 5.76. The minimum Gasteiger partial charge on any atom is -0.390 e. The first kappa shape index (κ1) is 11.3. The molecule has 0 radical (unpaired) electrons. The lowest BCUT2D eigenvalue weighted by molar-refractivity contribution is 0.189. The van der Waals surface area contributed by atoms with Crippen LogP contribution in [0.2, 0.25) is 5.02 Å². The van der Waals surface area contributed by atoms with Crippen LogP contribution in [-0.2, 0) is 0 Å². The maximum atomic E-state index is 9.35. The fourth-order valence-corrected chi connectivity index (χ4v) is 1.32. The lowest BCUT2D eigenvalue weighted by Crippen LogP contribution is -2.34. The van der Waals surface area contributed by atoms with Crippen molar-refractivity contribution in [1.29, 1.82) is 0 Å². The van der Waals surface area contributed by atoms with E-state index in [1.807, 2.05) is 36.2 Å². The second-order valence-corrected chi connectivity index (χ2v) is 3.68. The topological polar surface area (TPSA) is 49.5 Å². The number of hydrogen-bond donors (Lipinski definition) is 2. The molecule has 0 aliphatic carbocycles. The molecule has 0 aliphatic heterocycles. The van der Waals surface area contributed by atoms with Gasteiger partial charge in [0.2, 0.25) is 0 Å². The molecule has 1 aromatic rings. The van der Waals surface area contributed by atoms with Gasteiger partial charge in [0.25, 0.3) is 0 Å². The Hall–Kier alpha value is -0.770. The van der Waals surface area contributed by atoms with Gasteiger partial charge in [-0.1, -0.05) is 11.6 Å². The second kappa shape index (κ2) is 5.20. The van der Waals surface area contributed by atoms with E-state index in [1.165, 1.54) is 0 Å². The summed E-state index contributed by atoms with van der Waals surface area (Å²) in [4.78, 5) is 1.94. The lowest BCUT2D eigenvalue weighted by atomic mass is 10.2. The largest absolute Gasteiger partial charge is 0.390 e. The summed E-state index contributed by atoms with van der Waals surface area (Å²) in [6.45, 7) is 0.802. The van der Waals surface area contributed by atoms with Crippen molar-refractivity contribution in [3.05, 3.63) is 29.3 Å². The van der Waals surface area contributed by atoms with Gasteiger partial charge in [0.1, 0.15) is 0 Å². The SMILES string of the molecule is CN(C[C@@H](O)CN)c1ccc(Cl)cc1. The van der Waals surface area contributed by atoms with Gasteiger partial charge in [-0.15, -0.1) is 0 Å². The smallest absolute Gasteiger partial charge is 0.0836 e. The van der Waals surface area contributed by atoms with Crippen molar-refractivity contribution in [2.75, 3.05) is 25.0 Å². The molecule has 0 saturated heterocycles. The fourth-order valence-electron chi connectivity index (χ4n) is 1.19. The Balaban J connectivity index is 2.60. The third kappa shape index (κ3) is 3.18. The summed E-state index contributed by atoms with van der Waals surface area (Å²) in [6.07, 6.45) is -0.490. The first-order valence-corrected chi connectivity index (χ1v) is 4.86. The van der Waals surface area contributed by atoms with Crippen molar-refractivity contribution in [2.24, 2.45) is 5.73 Å². The number of benzene rings is 1. The molecular formula is C10H15ClN2O. The zero-order chi connectivity index (χ0) is 10.6. The van der Waals surface area contributed by atoms with Gasteiger partial charge in [0.05, 0.1) is 6.10 Å². The summed E-state index contributed by atoms with van der Waals surface area (Å²) < 4.78 is 0. The highest BCUT2D eigenvalue weighted by Gasteiger charge is 2.06. The molecule has 1 atom stereocenters. The third-order valence-electron chi connectivity index (χ3n) is 2.02. The first-order chi connectivity index (χ1) is 6.63. The molecule has 0 amide bonds. The van der Waals surface area contributed by atoms with Crippen LogP contribution in [0.1, 0.15) is 0 Å². The van der Waals surface area contributed by atoms with Crippen molar-refractivity contribution >= 4 is 17.3 Å². The zero-order valence-corrected chi connectivity index (χ0v) is 8.91. The van der Waals surface area contributed by atoms with Crippen LogP contribution >= 0.6 is 11.6 Å². The van der Waals surface area contributed by atoms with Crippen LogP contribution in [0.4, 0.5) is 5.69 Å². The van der Waals surface area contributed by atoms with E-state index in [-0.39, 0.29) is 6.54 Å². The predicted octanol–water partition coefficient (Wildman–Crippen LogP) is 1.10. The van der Waals surface area contributed by atoms with Crippen LogP contribution in [0.25, 0.3) is 0 Å². The van der Waals surface area contributed by atoms with E-state index in [4.69, 9.17) is 17.3 Å². The molecule has 0 spiro atoms. The van der Waals surface area contributed by atoms with E-state index in [9.17, 15) is 5.11 Å². The molecule has 1 aromatic carbocycles. The number of nitrogens with zero attached hydrogens (tertiary/aromatic N) is 1. The lowest BCUT2D eigenvalue weighted by Gasteiger charge is -2.21. The number of aliphatic hydroxyl groups is 1. The molecule has 4 heteroatoms. The minimum atomic E-state index is -0.490. The van der Waals surface area contributed by atoms with Gasteiger partial charge in [-0.05, 0) is 24.3 Å². The zero-order valence-electron chi connectivity index (χ0n) is 8.15. The highest BCUT2D eigenvalue weighted by molar-refractivity contribution is 6.30. The van der Waals surface area contributed by atoms with E-state index in [1.54, 1.807) is 0 Å². The number of hydrogen-bond acceptors (Lipinski definition) is 3. The highest BCUT2D eigenvalue weighted by Crippen LogP contribution is 2.16. The Morgan fingerprint density at radius 2 is 2.00 bits per heavy atom. The van der Waals surface area contributed by atoms with Crippen molar-refractivity contribution < 1.29 is 5.11 Å². The number of likely N-dealkylation sites (N-methyl/N-ethyl adjacent to an activating group) is 1. The Kier molecular flexibility index (Phi) is 4.20. The molecule has 3 nitrogen and oxygen atoms in total. The monoisotopic (exact) mass is 214 g/mol. The summed E-state index contributed by atoms with van der Waals surface area (Å²) in [5.74, 6) is 0. The van der Waals surface area contributed by atoms with Gasteiger partial charge in [0, 0.05) is 30.8 Å². The van der Waals surface area contributed by atoms with Crippen LogP contribution < -0.4 is 10.6 Å². The minimum absolute atomic E-state index is 0.276. The molecule has 3 N–H and O–H groups in total. The molecule has 14 heavy (non-hydrogen) atoms. The maximum Gasteiger partial charge on any atom is 0.0836 e. The van der Waals surface area contributed by atoms with Gasteiger partial charge in [-0.25, -0.2) is 0 Å². The first-order valence-electron chi connectivity index (χ1n) is 4.48. The van der Waals surface area contributed by atoms with Gasteiger partial charge < -0.3 is 15.7 Å². The Bertz CT molecular complexity index is 276. The van der Waals surface area contributed by atoms with Crippen LogP contribution in [0.5, 0.6) is 0 Å². The Labute approximate surface area is 89.1 Å². The summed E-state index contributed by atoms with van der Waals surface area (Å²) in [6, 6.07) is 7.46. The molecule has 0 fully saturated rings. The van der Waals surface area contributed by atoms with Crippen LogP contribution in [0.15, 0.2) is 24.3 Å². The summed E-state index contributed by atoms with van der Waals surface area (Å²) in [7, 11) is 1.90. The van der Waals surface area contributed by atoms with E-state index >= 15 is 0 Å². The molecule has 0 heterocycles. The number of halogens is 1. The summed E-state index contributed by atoms with van der Waals surface area (Å²) in [5, 5.41) is 10.1. The van der Waals surface area contributed by atoms with Gasteiger partial charge in [0.15, 0.2) is 0 Å². The van der Waals surface area contributed by atoms with Crippen molar-refractivity contribution in [2.45, 2.75) is 6.10 Å². The third-order valence-corrected chi connectivity index (χ3v) is 2.28. The fraction of sp³-hybridized carbons (Fsp3) is 0.400. The van der Waals surface area contributed by atoms with Gasteiger partial charge in [-0.3, -0.25) is 0 Å². The van der Waals surface area contributed by atoms with Crippen molar-refractivity contribution in [1.82, 2.24) is 0 Å². The van der Waals surface area contributed by atoms with Crippen LogP contribution in [0.3, 0.4) is 0 Å². The molecule has 0 saturated carbocycles. The van der Waals surface area contributed by atoms with Crippen molar-refractivity contribution in [3.8, 4) is 0 Å².